The fraction of sp³-hybridized carbons (Fsp3) is 0.455. The van der Waals surface area contributed by atoms with E-state index in [0.29, 0.717) is 0 Å². The molecule has 0 saturated carbocycles. The first-order valence-corrected chi connectivity index (χ1v) is 4.90. The van der Waals surface area contributed by atoms with Crippen LogP contribution < -0.4 is 10.5 Å². The molecule has 2 nitrogen and oxygen atoms in total. The predicted molar refractivity (Wildman–Crippen MR) is 55.2 cm³/mol. The Morgan fingerprint density at radius 3 is 2.25 bits per heavy atom. The summed E-state index contributed by atoms with van der Waals surface area (Å²) >= 11 is 0. The molecular formula is C11H14F3NO. The van der Waals surface area contributed by atoms with Gasteiger partial charge in [-0.25, -0.2) is 0 Å². The number of hydrogen-bond acceptors (Lipinski definition) is 2. The Morgan fingerprint density at radius 2 is 1.75 bits per heavy atom. The monoisotopic (exact) mass is 233 g/mol. The summed E-state index contributed by atoms with van der Waals surface area (Å²) in [7, 11) is 0. The van der Waals surface area contributed by atoms with Gasteiger partial charge in [-0.15, -0.1) is 0 Å². The normalized spacial score (nSPS) is 13.9. The minimum absolute atomic E-state index is 0.0382. The standard InChI is InChI=1S/C11H14F3NO/c1-7(2)16-9-6-4-3-5-8(9)10(15)11(12,13)14/h3-7,10H,15H2,1-2H3. The maximum Gasteiger partial charge on any atom is 0.407 e. The van der Waals surface area contributed by atoms with Crippen molar-refractivity contribution in [3.05, 3.63) is 29.8 Å². The second-order valence-corrected chi connectivity index (χ2v) is 3.72. The van der Waals surface area contributed by atoms with Crippen molar-refractivity contribution in [2.75, 3.05) is 0 Å². The largest absolute Gasteiger partial charge is 0.491 e. The van der Waals surface area contributed by atoms with Crippen LogP contribution in [-0.4, -0.2) is 12.3 Å². The molecule has 1 atom stereocenters. The first-order valence-electron chi connectivity index (χ1n) is 4.90. The molecule has 0 bridgehead atoms. The van der Waals surface area contributed by atoms with E-state index in [4.69, 9.17) is 10.5 Å². The molecule has 16 heavy (non-hydrogen) atoms. The van der Waals surface area contributed by atoms with Crippen LogP contribution in [0.1, 0.15) is 25.5 Å². The highest BCUT2D eigenvalue weighted by molar-refractivity contribution is 5.36. The summed E-state index contributed by atoms with van der Waals surface area (Å²) < 4.78 is 42.7. The topological polar surface area (TPSA) is 35.2 Å². The Balaban J connectivity index is 3.03. The van der Waals surface area contributed by atoms with E-state index in [1.54, 1.807) is 19.9 Å². The van der Waals surface area contributed by atoms with E-state index in [1.807, 2.05) is 0 Å². The lowest BCUT2D eigenvalue weighted by atomic mass is 10.1. The fourth-order valence-electron chi connectivity index (χ4n) is 1.28. The molecule has 0 fully saturated rings. The van der Waals surface area contributed by atoms with Crippen LogP contribution in [0.2, 0.25) is 0 Å². The van der Waals surface area contributed by atoms with Crippen LogP contribution in [0.15, 0.2) is 24.3 Å². The number of hydrogen-bond donors (Lipinski definition) is 1. The van der Waals surface area contributed by atoms with Crippen LogP contribution in [0, 0.1) is 0 Å². The van der Waals surface area contributed by atoms with Crippen LogP contribution >= 0.6 is 0 Å². The molecule has 0 spiro atoms. The van der Waals surface area contributed by atoms with Gasteiger partial charge in [0.1, 0.15) is 11.8 Å². The van der Waals surface area contributed by atoms with Crippen molar-refractivity contribution in [2.45, 2.75) is 32.2 Å². The summed E-state index contributed by atoms with van der Waals surface area (Å²) in [5, 5.41) is 0. The van der Waals surface area contributed by atoms with Crippen molar-refractivity contribution in [2.24, 2.45) is 5.73 Å². The third-order valence-corrected chi connectivity index (χ3v) is 1.97. The number of nitrogens with two attached hydrogens (primary N) is 1. The zero-order chi connectivity index (χ0) is 12.3. The summed E-state index contributed by atoms with van der Waals surface area (Å²) in [4.78, 5) is 0. The van der Waals surface area contributed by atoms with Crippen LogP contribution in [-0.2, 0) is 0 Å². The van der Waals surface area contributed by atoms with Crippen molar-refractivity contribution < 1.29 is 17.9 Å². The molecule has 1 aromatic rings. The summed E-state index contributed by atoms with van der Waals surface area (Å²) in [6, 6.07) is 3.93. The average molecular weight is 233 g/mol. The molecule has 0 aromatic heterocycles. The number of benzene rings is 1. The lowest BCUT2D eigenvalue weighted by molar-refractivity contribution is -0.149. The molecule has 0 radical (unpaired) electrons. The van der Waals surface area contributed by atoms with Crippen molar-refractivity contribution >= 4 is 0 Å². The van der Waals surface area contributed by atoms with E-state index < -0.39 is 12.2 Å². The van der Waals surface area contributed by atoms with Gasteiger partial charge in [0.05, 0.1) is 6.10 Å². The molecule has 5 heteroatoms. The van der Waals surface area contributed by atoms with Gasteiger partial charge in [0.2, 0.25) is 0 Å². The zero-order valence-electron chi connectivity index (χ0n) is 9.08. The van der Waals surface area contributed by atoms with Gasteiger partial charge >= 0.3 is 6.18 Å². The van der Waals surface area contributed by atoms with E-state index in [9.17, 15) is 13.2 Å². The molecule has 1 unspecified atom stereocenters. The first kappa shape index (κ1) is 12.8. The third-order valence-electron chi connectivity index (χ3n) is 1.97. The van der Waals surface area contributed by atoms with E-state index in [-0.39, 0.29) is 17.4 Å². The van der Waals surface area contributed by atoms with Gasteiger partial charge in [0, 0.05) is 5.56 Å². The number of alkyl halides is 3. The number of ether oxygens (including phenoxy) is 1. The van der Waals surface area contributed by atoms with Gasteiger partial charge in [-0.1, -0.05) is 18.2 Å². The lowest BCUT2D eigenvalue weighted by Crippen LogP contribution is -2.29. The van der Waals surface area contributed by atoms with Crippen molar-refractivity contribution in [3.8, 4) is 5.75 Å². The van der Waals surface area contributed by atoms with Crippen LogP contribution in [0.3, 0.4) is 0 Å². The Hall–Kier alpha value is -1.23. The molecule has 0 aliphatic carbocycles. The van der Waals surface area contributed by atoms with Gasteiger partial charge in [0.25, 0.3) is 0 Å². The van der Waals surface area contributed by atoms with E-state index in [2.05, 4.69) is 0 Å². The lowest BCUT2D eigenvalue weighted by Gasteiger charge is -2.20. The fourth-order valence-corrected chi connectivity index (χ4v) is 1.28. The Morgan fingerprint density at radius 1 is 1.19 bits per heavy atom. The smallest absolute Gasteiger partial charge is 0.407 e. The van der Waals surface area contributed by atoms with Gasteiger partial charge < -0.3 is 10.5 Å². The van der Waals surface area contributed by atoms with Crippen molar-refractivity contribution in [1.29, 1.82) is 0 Å². The molecule has 0 saturated heterocycles. The van der Waals surface area contributed by atoms with Crippen molar-refractivity contribution in [1.82, 2.24) is 0 Å². The van der Waals surface area contributed by atoms with Gasteiger partial charge in [-0.05, 0) is 19.9 Å². The van der Waals surface area contributed by atoms with Gasteiger partial charge in [-0.3, -0.25) is 0 Å². The van der Waals surface area contributed by atoms with E-state index in [1.165, 1.54) is 18.2 Å². The molecule has 90 valence electrons. The predicted octanol–water partition coefficient (Wildman–Crippen LogP) is 3.04. The summed E-state index contributed by atoms with van der Waals surface area (Å²) in [5.41, 5.74) is 5.11. The molecule has 0 aliphatic rings. The van der Waals surface area contributed by atoms with Crippen molar-refractivity contribution in [3.63, 3.8) is 0 Å². The maximum atomic E-state index is 12.5. The molecular weight excluding hydrogens is 219 g/mol. The first-order chi connectivity index (χ1) is 7.32. The minimum Gasteiger partial charge on any atom is -0.491 e. The highest BCUT2D eigenvalue weighted by atomic mass is 19.4. The number of halogens is 3. The molecule has 1 aromatic carbocycles. The zero-order valence-corrected chi connectivity index (χ0v) is 9.08. The maximum absolute atomic E-state index is 12.5. The molecule has 0 heterocycles. The Bertz CT molecular complexity index is 349. The second-order valence-electron chi connectivity index (χ2n) is 3.72. The van der Waals surface area contributed by atoms with E-state index >= 15 is 0 Å². The summed E-state index contributed by atoms with van der Waals surface area (Å²) in [6.07, 6.45) is -4.65. The Labute approximate surface area is 92.2 Å². The minimum atomic E-state index is -4.46. The van der Waals surface area contributed by atoms with Crippen LogP contribution in [0.25, 0.3) is 0 Å². The third kappa shape index (κ3) is 3.13. The average Bonchev–Trinajstić information content (AvgIpc) is 2.15. The van der Waals surface area contributed by atoms with Crippen LogP contribution in [0.5, 0.6) is 5.75 Å². The summed E-state index contributed by atoms with van der Waals surface area (Å²) in [6.45, 7) is 3.49. The number of rotatable bonds is 3. The highest BCUT2D eigenvalue weighted by Crippen LogP contribution is 2.35. The SMILES string of the molecule is CC(C)Oc1ccccc1C(N)C(F)(F)F. The van der Waals surface area contributed by atoms with Crippen LogP contribution in [0.4, 0.5) is 13.2 Å². The molecule has 0 amide bonds. The van der Waals surface area contributed by atoms with Gasteiger partial charge in [0.15, 0.2) is 0 Å². The highest BCUT2D eigenvalue weighted by Gasteiger charge is 2.39. The second kappa shape index (κ2) is 4.74. The quantitative estimate of drug-likeness (QED) is 0.870. The molecule has 1 rings (SSSR count). The summed E-state index contributed by atoms with van der Waals surface area (Å²) in [5.74, 6) is 0.183. The molecule has 0 aliphatic heterocycles. The van der Waals surface area contributed by atoms with Gasteiger partial charge in [-0.2, -0.15) is 13.2 Å². The Kier molecular flexibility index (Phi) is 3.80. The number of para-hydroxylation sites is 1. The van der Waals surface area contributed by atoms with E-state index in [0.717, 1.165) is 0 Å². The molecule has 2 N–H and O–H groups in total.